The van der Waals surface area contributed by atoms with Gasteiger partial charge in [-0.05, 0) is 83.4 Å². The van der Waals surface area contributed by atoms with Gasteiger partial charge in [0, 0.05) is 5.56 Å². The molecule has 1 saturated heterocycles. The van der Waals surface area contributed by atoms with Gasteiger partial charge in [-0.3, -0.25) is 0 Å². The average molecular weight is 429 g/mol. The van der Waals surface area contributed by atoms with Crippen LogP contribution in [0, 0.1) is 6.92 Å². The molecule has 1 aliphatic rings. The van der Waals surface area contributed by atoms with Crippen LogP contribution in [0.4, 0.5) is 0 Å². The molecule has 0 amide bonds. The van der Waals surface area contributed by atoms with Crippen molar-refractivity contribution in [2.75, 3.05) is 26.2 Å². The Kier molecular flexibility index (Phi) is 8.21. The van der Waals surface area contributed by atoms with E-state index in [1.165, 1.54) is 45.3 Å². The van der Waals surface area contributed by atoms with E-state index in [9.17, 15) is 0 Å². The van der Waals surface area contributed by atoms with E-state index in [4.69, 9.17) is 16.2 Å². The molecule has 3 rings (SSSR count). The highest BCUT2D eigenvalue weighted by atomic mass is 32.1. The van der Waals surface area contributed by atoms with Crippen LogP contribution in [0.25, 0.3) is 10.6 Å². The van der Waals surface area contributed by atoms with E-state index in [-0.39, 0.29) is 5.96 Å². The van der Waals surface area contributed by atoms with Crippen LogP contribution in [0.3, 0.4) is 0 Å². The molecule has 0 radical (unpaired) electrons. The van der Waals surface area contributed by atoms with Gasteiger partial charge in [-0.15, -0.1) is 16.4 Å². The van der Waals surface area contributed by atoms with Gasteiger partial charge in [0.25, 0.3) is 0 Å². The van der Waals surface area contributed by atoms with Crippen molar-refractivity contribution in [3.05, 3.63) is 34.8 Å². The maximum absolute atomic E-state index is 5.91. The zero-order chi connectivity index (χ0) is 21.3. The molecule has 162 valence electrons. The molecule has 2 heterocycles. The standard InChI is InChI=1S/C22H32N6OS/c1-16-20(17(2)26-27-22(23)24)30-21(25-16)18-8-10-19(11-9-18)29-15-7-6-14-28-12-4-3-5-13-28/h8-11H,3-7,12-15H2,1-2H3,(H4,23,24,27)/b26-17+. The molecule has 7 nitrogen and oxygen atoms in total. The van der Waals surface area contributed by atoms with Crippen molar-refractivity contribution in [1.82, 2.24) is 9.88 Å². The van der Waals surface area contributed by atoms with E-state index >= 15 is 0 Å². The van der Waals surface area contributed by atoms with Crippen LogP contribution in [0.1, 0.15) is 49.6 Å². The molecule has 0 aliphatic carbocycles. The van der Waals surface area contributed by atoms with E-state index in [0.717, 1.165) is 45.6 Å². The van der Waals surface area contributed by atoms with Crippen molar-refractivity contribution >= 4 is 23.0 Å². The first-order valence-electron chi connectivity index (χ1n) is 10.6. The van der Waals surface area contributed by atoms with Gasteiger partial charge in [0.15, 0.2) is 0 Å². The molecule has 1 fully saturated rings. The second-order valence-electron chi connectivity index (χ2n) is 7.63. The fourth-order valence-electron chi connectivity index (χ4n) is 3.54. The number of piperidine rings is 1. The number of hydrogen-bond donors (Lipinski definition) is 2. The number of nitrogens with two attached hydrogens (primary N) is 2. The monoisotopic (exact) mass is 428 g/mol. The number of guanidine groups is 1. The molecule has 0 bridgehead atoms. The van der Waals surface area contributed by atoms with Gasteiger partial charge in [-0.1, -0.05) is 6.42 Å². The molecular formula is C22H32N6OS. The number of likely N-dealkylation sites (tertiary alicyclic amines) is 1. The minimum atomic E-state index is -0.0566. The van der Waals surface area contributed by atoms with Crippen LogP contribution in [0.2, 0.25) is 0 Å². The van der Waals surface area contributed by atoms with Gasteiger partial charge in [0.1, 0.15) is 10.8 Å². The largest absolute Gasteiger partial charge is 0.494 e. The number of unbranched alkanes of at least 4 members (excludes halogenated alkanes) is 1. The maximum Gasteiger partial charge on any atom is 0.211 e. The Balaban J connectivity index is 1.50. The number of thiazole rings is 1. The number of ether oxygens (including phenoxy) is 1. The van der Waals surface area contributed by atoms with Crippen LogP contribution in [0.5, 0.6) is 5.75 Å². The number of hydrogen-bond acceptors (Lipinski definition) is 6. The van der Waals surface area contributed by atoms with Crippen molar-refractivity contribution in [3.8, 4) is 16.3 Å². The molecule has 1 aliphatic heterocycles. The molecule has 0 unspecified atom stereocenters. The number of aromatic nitrogens is 1. The van der Waals surface area contributed by atoms with Crippen LogP contribution in [0.15, 0.2) is 34.5 Å². The average Bonchev–Trinajstić information content (AvgIpc) is 3.14. The molecule has 1 aromatic carbocycles. The van der Waals surface area contributed by atoms with E-state index in [1.807, 2.05) is 38.1 Å². The van der Waals surface area contributed by atoms with E-state index in [0.29, 0.717) is 0 Å². The summed E-state index contributed by atoms with van der Waals surface area (Å²) in [7, 11) is 0. The molecule has 0 spiro atoms. The van der Waals surface area contributed by atoms with Crippen LogP contribution in [-0.4, -0.2) is 47.8 Å². The second-order valence-corrected chi connectivity index (χ2v) is 8.63. The lowest BCUT2D eigenvalue weighted by molar-refractivity contribution is 0.216. The van der Waals surface area contributed by atoms with Crippen molar-refractivity contribution in [3.63, 3.8) is 0 Å². The van der Waals surface area contributed by atoms with E-state index < -0.39 is 0 Å². The van der Waals surface area contributed by atoms with E-state index in [2.05, 4.69) is 20.1 Å². The highest BCUT2D eigenvalue weighted by Crippen LogP contribution is 2.29. The number of nitrogens with zero attached hydrogens (tertiary/aromatic N) is 4. The summed E-state index contributed by atoms with van der Waals surface area (Å²) in [6, 6.07) is 8.12. The van der Waals surface area contributed by atoms with Crippen LogP contribution < -0.4 is 16.2 Å². The third-order valence-electron chi connectivity index (χ3n) is 5.13. The maximum atomic E-state index is 5.91. The molecule has 0 atom stereocenters. The highest BCUT2D eigenvalue weighted by Gasteiger charge is 2.12. The first kappa shape index (κ1) is 22.2. The summed E-state index contributed by atoms with van der Waals surface area (Å²) >= 11 is 1.58. The summed E-state index contributed by atoms with van der Waals surface area (Å²) < 4.78 is 5.91. The summed E-state index contributed by atoms with van der Waals surface area (Å²) in [5.74, 6) is 0.842. The van der Waals surface area contributed by atoms with Crippen molar-refractivity contribution in [2.24, 2.45) is 21.7 Å². The van der Waals surface area contributed by atoms with Crippen LogP contribution >= 0.6 is 11.3 Å². The Morgan fingerprint density at radius 2 is 1.83 bits per heavy atom. The molecule has 8 heteroatoms. The molecule has 2 aromatic rings. The summed E-state index contributed by atoms with van der Waals surface area (Å²) in [6.07, 6.45) is 6.38. The topological polar surface area (TPSA) is 102 Å². The quantitative estimate of drug-likeness (QED) is 0.274. The summed E-state index contributed by atoms with van der Waals surface area (Å²) in [4.78, 5) is 8.22. The van der Waals surface area contributed by atoms with Crippen molar-refractivity contribution in [2.45, 2.75) is 46.0 Å². The SMILES string of the molecule is C/C(=N\N=C(N)N)c1sc(-c2ccc(OCCCCN3CCCCC3)cc2)nc1C. The van der Waals surface area contributed by atoms with Gasteiger partial charge in [-0.25, -0.2) is 4.98 Å². The zero-order valence-electron chi connectivity index (χ0n) is 17.9. The lowest BCUT2D eigenvalue weighted by atomic mass is 10.1. The summed E-state index contributed by atoms with van der Waals surface area (Å²) in [5.41, 5.74) is 13.4. The first-order chi connectivity index (χ1) is 14.5. The Hall–Kier alpha value is -2.45. The lowest BCUT2D eigenvalue weighted by Gasteiger charge is -2.26. The molecular weight excluding hydrogens is 396 g/mol. The van der Waals surface area contributed by atoms with Gasteiger partial charge in [0.05, 0.1) is 22.9 Å². The molecule has 4 N–H and O–H groups in total. The smallest absolute Gasteiger partial charge is 0.211 e. The van der Waals surface area contributed by atoms with Crippen LogP contribution in [-0.2, 0) is 0 Å². The predicted octanol–water partition coefficient (Wildman–Crippen LogP) is 3.76. The number of benzene rings is 1. The first-order valence-corrected chi connectivity index (χ1v) is 11.4. The molecule has 1 aromatic heterocycles. The van der Waals surface area contributed by atoms with Crippen molar-refractivity contribution < 1.29 is 4.74 Å². The third kappa shape index (κ3) is 6.53. The van der Waals surface area contributed by atoms with Gasteiger partial charge in [-0.2, -0.15) is 5.10 Å². The van der Waals surface area contributed by atoms with Gasteiger partial charge in [0.2, 0.25) is 5.96 Å². The highest BCUT2D eigenvalue weighted by molar-refractivity contribution is 7.17. The minimum absolute atomic E-state index is 0.0566. The normalized spacial score (nSPS) is 15.2. The molecule has 30 heavy (non-hydrogen) atoms. The zero-order valence-corrected chi connectivity index (χ0v) is 18.7. The Morgan fingerprint density at radius 1 is 1.10 bits per heavy atom. The molecule has 0 saturated carbocycles. The minimum Gasteiger partial charge on any atom is -0.494 e. The fourth-order valence-corrected chi connectivity index (χ4v) is 4.55. The fraction of sp³-hybridized carbons (Fsp3) is 0.500. The van der Waals surface area contributed by atoms with Crippen molar-refractivity contribution in [1.29, 1.82) is 0 Å². The Bertz CT molecular complexity index is 864. The van der Waals surface area contributed by atoms with Gasteiger partial charge >= 0.3 is 0 Å². The second kappa shape index (κ2) is 11.1. The van der Waals surface area contributed by atoms with Gasteiger partial charge < -0.3 is 21.1 Å². The number of aryl methyl sites for hydroxylation is 1. The summed E-state index contributed by atoms with van der Waals surface area (Å²) in [5, 5.41) is 8.72. The number of rotatable bonds is 9. The third-order valence-corrected chi connectivity index (χ3v) is 6.44. The Morgan fingerprint density at radius 3 is 2.53 bits per heavy atom. The van der Waals surface area contributed by atoms with E-state index in [1.54, 1.807) is 11.3 Å². The lowest BCUT2D eigenvalue weighted by Crippen LogP contribution is -2.30. The predicted molar refractivity (Wildman–Crippen MR) is 125 cm³/mol. The Labute approximate surface area is 182 Å². The summed E-state index contributed by atoms with van der Waals surface area (Å²) in [6.45, 7) is 8.32.